The molecule has 21 heavy (non-hydrogen) atoms. The van der Waals surface area contributed by atoms with Crippen LogP contribution in [0.25, 0.3) is 0 Å². The molecule has 1 fully saturated rings. The second-order valence-electron chi connectivity index (χ2n) is 5.46. The first-order valence-corrected chi connectivity index (χ1v) is 7.29. The van der Waals surface area contributed by atoms with Crippen LogP contribution in [0.4, 0.5) is 4.79 Å². The molecule has 1 rings (SSSR count). The van der Waals surface area contributed by atoms with Crippen LogP contribution in [0.15, 0.2) is 0 Å². The zero-order valence-corrected chi connectivity index (χ0v) is 12.7. The molecule has 7 heteroatoms. The summed E-state index contributed by atoms with van der Waals surface area (Å²) in [7, 11) is 1.58. The Morgan fingerprint density at radius 3 is 2.43 bits per heavy atom. The van der Waals surface area contributed by atoms with Crippen LogP contribution in [0.5, 0.6) is 0 Å². The van der Waals surface area contributed by atoms with Gasteiger partial charge in [-0.15, -0.1) is 0 Å². The van der Waals surface area contributed by atoms with Crippen LogP contribution in [-0.2, 0) is 14.3 Å². The first-order valence-electron chi connectivity index (χ1n) is 7.29. The number of carboxylic acid groups (broad SMARTS) is 1. The quantitative estimate of drug-likeness (QED) is 0.692. The van der Waals surface area contributed by atoms with Crippen LogP contribution in [0.2, 0.25) is 0 Å². The molecule has 0 bridgehead atoms. The van der Waals surface area contributed by atoms with E-state index < -0.39 is 11.5 Å². The number of rotatable bonds is 7. The molecule has 0 saturated heterocycles. The van der Waals surface area contributed by atoms with E-state index in [1.807, 2.05) is 0 Å². The van der Waals surface area contributed by atoms with Crippen LogP contribution in [0.1, 0.15) is 45.4 Å². The fourth-order valence-corrected chi connectivity index (χ4v) is 2.60. The zero-order valence-electron chi connectivity index (χ0n) is 12.7. The summed E-state index contributed by atoms with van der Waals surface area (Å²) in [6.07, 6.45) is 3.25. The molecule has 0 aromatic heterocycles. The lowest BCUT2D eigenvalue weighted by Crippen LogP contribution is -2.52. The number of esters is 1. The highest BCUT2D eigenvalue weighted by Gasteiger charge is 2.38. The smallest absolute Gasteiger partial charge is 0.317 e. The Balaban J connectivity index is 2.49. The van der Waals surface area contributed by atoms with Gasteiger partial charge in [0.2, 0.25) is 0 Å². The molecule has 0 atom stereocenters. The monoisotopic (exact) mass is 300 g/mol. The van der Waals surface area contributed by atoms with Crippen LogP contribution >= 0.6 is 0 Å². The van der Waals surface area contributed by atoms with Gasteiger partial charge in [-0.3, -0.25) is 9.59 Å². The number of amides is 2. The number of aliphatic carboxylic acids is 1. The number of urea groups is 1. The number of nitrogens with zero attached hydrogens (tertiary/aromatic N) is 1. The van der Waals surface area contributed by atoms with Crippen LogP contribution in [0, 0.1) is 0 Å². The lowest BCUT2D eigenvalue weighted by atomic mass is 9.93. The van der Waals surface area contributed by atoms with Crippen molar-refractivity contribution in [3.63, 3.8) is 0 Å². The topological polar surface area (TPSA) is 95.9 Å². The molecular weight excluding hydrogens is 276 g/mol. The molecular formula is C14H24N2O5. The molecule has 0 radical (unpaired) electrons. The normalized spacial score (nSPS) is 16.3. The van der Waals surface area contributed by atoms with Gasteiger partial charge in [-0.2, -0.15) is 0 Å². The maximum Gasteiger partial charge on any atom is 0.317 e. The molecule has 1 saturated carbocycles. The second-order valence-corrected chi connectivity index (χ2v) is 5.46. The third-order valence-corrected chi connectivity index (χ3v) is 3.73. The van der Waals surface area contributed by atoms with Crippen molar-refractivity contribution in [2.75, 3.05) is 20.2 Å². The van der Waals surface area contributed by atoms with Gasteiger partial charge in [-0.25, -0.2) is 4.79 Å². The molecule has 0 spiro atoms. The number of nitrogens with one attached hydrogen (secondary N) is 1. The largest absolute Gasteiger partial charge is 0.481 e. The highest BCUT2D eigenvalue weighted by molar-refractivity contribution is 5.77. The number of hydrogen-bond donors (Lipinski definition) is 2. The van der Waals surface area contributed by atoms with Crippen molar-refractivity contribution in [1.29, 1.82) is 0 Å². The van der Waals surface area contributed by atoms with E-state index in [1.54, 1.807) is 14.0 Å². The zero-order chi connectivity index (χ0) is 15.9. The third-order valence-electron chi connectivity index (χ3n) is 3.73. The van der Waals surface area contributed by atoms with Gasteiger partial charge in [0.25, 0.3) is 0 Å². The maximum absolute atomic E-state index is 12.1. The summed E-state index contributed by atoms with van der Waals surface area (Å²) in [6, 6.07) is -0.345. The average Bonchev–Trinajstić information content (AvgIpc) is 2.83. The van der Waals surface area contributed by atoms with Gasteiger partial charge in [0, 0.05) is 13.6 Å². The summed E-state index contributed by atoms with van der Waals surface area (Å²) in [6.45, 7) is 2.29. The summed E-state index contributed by atoms with van der Waals surface area (Å²) in [5.74, 6) is -1.26. The Morgan fingerprint density at radius 1 is 1.29 bits per heavy atom. The van der Waals surface area contributed by atoms with Gasteiger partial charge >= 0.3 is 18.0 Å². The van der Waals surface area contributed by atoms with Crippen molar-refractivity contribution in [2.24, 2.45) is 0 Å². The van der Waals surface area contributed by atoms with Gasteiger partial charge in [0.15, 0.2) is 0 Å². The third kappa shape index (κ3) is 5.61. The lowest BCUT2D eigenvalue weighted by Gasteiger charge is -2.31. The van der Waals surface area contributed by atoms with E-state index in [9.17, 15) is 14.4 Å². The molecule has 2 N–H and O–H groups in total. The fraction of sp³-hybridized carbons (Fsp3) is 0.786. The molecule has 0 aliphatic heterocycles. The Labute approximate surface area is 124 Å². The highest BCUT2D eigenvalue weighted by atomic mass is 16.5. The van der Waals surface area contributed by atoms with E-state index in [1.165, 1.54) is 4.90 Å². The van der Waals surface area contributed by atoms with E-state index in [0.29, 0.717) is 19.4 Å². The average molecular weight is 300 g/mol. The van der Waals surface area contributed by atoms with E-state index in [0.717, 1.165) is 12.8 Å². The number of carbonyl (C=O) groups excluding carboxylic acids is 2. The van der Waals surface area contributed by atoms with Crippen LogP contribution in [0.3, 0.4) is 0 Å². The van der Waals surface area contributed by atoms with E-state index >= 15 is 0 Å². The molecule has 7 nitrogen and oxygen atoms in total. The maximum atomic E-state index is 12.1. The standard InChI is InChI=1S/C14H24N2O5/c1-3-21-12(19)6-9-16(2)13(20)15-14(10-11(17)18)7-4-5-8-14/h3-10H2,1-2H3,(H,15,20)(H,17,18). The Bertz CT molecular complexity index is 391. The molecule has 120 valence electrons. The summed E-state index contributed by atoms with van der Waals surface area (Å²) in [4.78, 5) is 35.8. The molecule has 0 heterocycles. The fourth-order valence-electron chi connectivity index (χ4n) is 2.60. The van der Waals surface area contributed by atoms with Gasteiger partial charge < -0.3 is 20.1 Å². The number of carbonyl (C=O) groups is 3. The van der Waals surface area contributed by atoms with Crippen molar-refractivity contribution in [1.82, 2.24) is 10.2 Å². The van der Waals surface area contributed by atoms with Crippen molar-refractivity contribution < 1.29 is 24.2 Å². The number of carboxylic acids is 1. The van der Waals surface area contributed by atoms with Gasteiger partial charge in [-0.05, 0) is 19.8 Å². The predicted molar refractivity (Wildman–Crippen MR) is 75.9 cm³/mol. The first-order chi connectivity index (χ1) is 9.88. The Hall–Kier alpha value is -1.79. The molecule has 0 aromatic rings. The minimum Gasteiger partial charge on any atom is -0.481 e. The lowest BCUT2D eigenvalue weighted by molar-refractivity contribution is -0.143. The highest BCUT2D eigenvalue weighted by Crippen LogP contribution is 2.32. The van der Waals surface area contributed by atoms with E-state index in [-0.39, 0.29) is 31.4 Å². The minimum absolute atomic E-state index is 0.0650. The van der Waals surface area contributed by atoms with E-state index in [2.05, 4.69) is 5.32 Å². The molecule has 1 aliphatic rings. The first kappa shape index (κ1) is 17.3. The predicted octanol–water partition coefficient (Wildman–Crippen LogP) is 1.37. The molecule has 2 amide bonds. The van der Waals surface area contributed by atoms with Crippen molar-refractivity contribution in [3.05, 3.63) is 0 Å². The minimum atomic E-state index is -0.911. The molecule has 1 aliphatic carbocycles. The van der Waals surface area contributed by atoms with Crippen molar-refractivity contribution >= 4 is 18.0 Å². The Kier molecular flexibility index (Phi) is 6.45. The Morgan fingerprint density at radius 2 is 1.90 bits per heavy atom. The molecule has 0 unspecified atom stereocenters. The summed E-state index contributed by atoms with van der Waals surface area (Å²) >= 11 is 0. The SMILES string of the molecule is CCOC(=O)CCN(C)C(=O)NC1(CC(=O)O)CCCC1. The van der Waals surface area contributed by atoms with Crippen molar-refractivity contribution in [2.45, 2.75) is 51.0 Å². The summed E-state index contributed by atoms with van der Waals surface area (Å²) in [5, 5.41) is 11.8. The summed E-state index contributed by atoms with van der Waals surface area (Å²) < 4.78 is 4.80. The van der Waals surface area contributed by atoms with Crippen LogP contribution in [-0.4, -0.2) is 53.7 Å². The second kappa shape index (κ2) is 7.85. The number of hydrogen-bond acceptors (Lipinski definition) is 4. The van der Waals surface area contributed by atoms with Crippen LogP contribution < -0.4 is 5.32 Å². The summed E-state index contributed by atoms with van der Waals surface area (Å²) in [5.41, 5.74) is -0.652. The number of ether oxygens (including phenoxy) is 1. The van der Waals surface area contributed by atoms with Gasteiger partial charge in [0.1, 0.15) is 0 Å². The van der Waals surface area contributed by atoms with Gasteiger partial charge in [-0.1, -0.05) is 12.8 Å². The van der Waals surface area contributed by atoms with Crippen molar-refractivity contribution in [3.8, 4) is 0 Å². The van der Waals surface area contributed by atoms with E-state index in [4.69, 9.17) is 9.84 Å². The van der Waals surface area contributed by atoms with Gasteiger partial charge in [0.05, 0.1) is 25.0 Å². The molecule has 0 aromatic carbocycles.